The lowest BCUT2D eigenvalue weighted by molar-refractivity contribution is 0.619. The molecule has 0 bridgehead atoms. The highest BCUT2D eigenvalue weighted by Gasteiger charge is 2.12. The Hall–Kier alpha value is -1.34. The van der Waals surface area contributed by atoms with Crippen LogP contribution in [0.3, 0.4) is 0 Å². The molecule has 1 atom stereocenters. The molecule has 0 amide bonds. The van der Waals surface area contributed by atoms with Gasteiger partial charge in [0.15, 0.2) is 5.82 Å². The van der Waals surface area contributed by atoms with Gasteiger partial charge in [-0.3, -0.25) is 0 Å². The Morgan fingerprint density at radius 1 is 1.69 bits per heavy atom. The van der Waals surface area contributed by atoms with Gasteiger partial charge in [-0.2, -0.15) is 5.26 Å². The lowest BCUT2D eigenvalue weighted by atomic mass is 10.2. The third-order valence-corrected chi connectivity index (χ3v) is 2.90. The maximum atomic E-state index is 13.8. The zero-order valence-electron chi connectivity index (χ0n) is 8.93. The first-order valence-corrected chi connectivity index (χ1v) is 5.65. The Labute approximate surface area is 103 Å². The zero-order chi connectivity index (χ0) is 12.1. The summed E-state index contributed by atoms with van der Waals surface area (Å²) in [5, 5.41) is 11.7. The average molecular weight is 283 g/mol. The van der Waals surface area contributed by atoms with Crippen LogP contribution < -0.4 is 5.32 Å². The normalized spacial score (nSPS) is 11.6. The van der Waals surface area contributed by atoms with Crippen molar-refractivity contribution in [2.75, 3.05) is 5.32 Å². The molecule has 0 heterocycles. The lowest BCUT2D eigenvalue weighted by Crippen LogP contribution is -2.15. The monoisotopic (exact) mass is 282 g/mol. The molecule has 1 aromatic rings. The molecule has 0 aliphatic heterocycles. The highest BCUT2D eigenvalue weighted by Crippen LogP contribution is 2.27. The Bertz CT molecular complexity index is 437. The molecule has 0 radical (unpaired) electrons. The molecule has 0 spiro atoms. The summed E-state index contributed by atoms with van der Waals surface area (Å²) >= 11 is 3.06. The minimum absolute atomic E-state index is 0.104. The number of nitrogens with one attached hydrogen (secondary N) is 1. The van der Waals surface area contributed by atoms with Crippen molar-refractivity contribution in [3.63, 3.8) is 0 Å². The van der Waals surface area contributed by atoms with Crippen LogP contribution >= 0.6 is 15.9 Å². The molecular formula is C12H12BrFN2. The quantitative estimate of drug-likeness (QED) is 0.852. The van der Waals surface area contributed by atoms with Gasteiger partial charge >= 0.3 is 0 Å². The maximum Gasteiger partial charge on any atom is 0.161 e. The molecular weight excluding hydrogens is 271 g/mol. The number of hydrogen-bond donors (Lipinski definition) is 1. The Balaban J connectivity index is 2.95. The fourth-order valence-electron chi connectivity index (χ4n) is 1.32. The van der Waals surface area contributed by atoms with E-state index in [1.165, 1.54) is 0 Å². The van der Waals surface area contributed by atoms with Gasteiger partial charge in [-0.05, 0) is 41.4 Å². The van der Waals surface area contributed by atoms with Crippen LogP contribution in [0.25, 0.3) is 0 Å². The standard InChI is InChI=1S/C12H12BrFN2/c1-3-4-8(2)16-10-6-5-9(7-15)11(13)12(10)14/h3,5-6,8,16H,1,4H2,2H3. The highest BCUT2D eigenvalue weighted by molar-refractivity contribution is 9.10. The van der Waals surface area contributed by atoms with Gasteiger partial charge in [0.1, 0.15) is 6.07 Å². The van der Waals surface area contributed by atoms with Crippen molar-refractivity contribution in [2.45, 2.75) is 19.4 Å². The van der Waals surface area contributed by atoms with Crippen LogP contribution in [0.5, 0.6) is 0 Å². The molecule has 0 aliphatic rings. The molecule has 4 heteroatoms. The third kappa shape index (κ3) is 2.83. The Morgan fingerprint density at radius 2 is 2.38 bits per heavy atom. The minimum atomic E-state index is -0.435. The predicted octanol–water partition coefficient (Wildman–Crippen LogP) is 3.84. The van der Waals surface area contributed by atoms with Crippen LogP contribution in [0.1, 0.15) is 18.9 Å². The molecule has 1 unspecified atom stereocenters. The van der Waals surface area contributed by atoms with Crippen molar-refractivity contribution in [2.24, 2.45) is 0 Å². The van der Waals surface area contributed by atoms with Gasteiger partial charge in [-0.15, -0.1) is 6.58 Å². The molecule has 1 rings (SSSR count). The lowest BCUT2D eigenvalue weighted by Gasteiger charge is -2.14. The number of rotatable bonds is 4. The van der Waals surface area contributed by atoms with E-state index in [-0.39, 0.29) is 10.5 Å². The smallest absolute Gasteiger partial charge is 0.161 e. The second-order valence-electron chi connectivity index (χ2n) is 3.47. The van der Waals surface area contributed by atoms with Gasteiger partial charge in [-0.25, -0.2) is 4.39 Å². The van der Waals surface area contributed by atoms with E-state index in [9.17, 15) is 4.39 Å². The van der Waals surface area contributed by atoms with Crippen LogP contribution in [0.15, 0.2) is 29.3 Å². The first-order valence-electron chi connectivity index (χ1n) is 4.85. The van der Waals surface area contributed by atoms with Gasteiger partial charge in [-0.1, -0.05) is 6.08 Å². The molecule has 0 fully saturated rings. The molecule has 0 saturated carbocycles. The number of nitrogens with zero attached hydrogens (tertiary/aromatic N) is 1. The van der Waals surface area contributed by atoms with E-state index in [0.29, 0.717) is 11.3 Å². The number of benzene rings is 1. The summed E-state index contributed by atoms with van der Waals surface area (Å²) in [6.45, 7) is 5.56. The first-order chi connectivity index (χ1) is 7.60. The van der Waals surface area contributed by atoms with Crippen LogP contribution in [0.2, 0.25) is 0 Å². The minimum Gasteiger partial charge on any atom is -0.380 e. The molecule has 2 nitrogen and oxygen atoms in total. The maximum absolute atomic E-state index is 13.8. The second-order valence-corrected chi connectivity index (χ2v) is 4.26. The number of halogens is 2. The molecule has 1 aromatic carbocycles. The molecule has 0 aliphatic carbocycles. The van der Waals surface area contributed by atoms with E-state index in [1.54, 1.807) is 18.2 Å². The summed E-state index contributed by atoms with van der Waals surface area (Å²) in [4.78, 5) is 0. The summed E-state index contributed by atoms with van der Waals surface area (Å²) in [5.74, 6) is -0.435. The van der Waals surface area contributed by atoms with E-state index in [4.69, 9.17) is 5.26 Å². The summed E-state index contributed by atoms with van der Waals surface area (Å²) in [5.41, 5.74) is 0.680. The van der Waals surface area contributed by atoms with E-state index in [2.05, 4.69) is 27.8 Å². The fraction of sp³-hybridized carbons (Fsp3) is 0.250. The second kappa shape index (κ2) is 5.66. The van der Waals surface area contributed by atoms with E-state index in [0.717, 1.165) is 6.42 Å². The van der Waals surface area contributed by atoms with E-state index in [1.807, 2.05) is 13.0 Å². The highest BCUT2D eigenvalue weighted by atomic mass is 79.9. The summed E-state index contributed by atoms with van der Waals surface area (Å²) in [7, 11) is 0. The van der Waals surface area contributed by atoms with Crippen LogP contribution in [-0.2, 0) is 0 Å². The van der Waals surface area contributed by atoms with Gasteiger partial charge in [0, 0.05) is 6.04 Å². The van der Waals surface area contributed by atoms with Crippen molar-refractivity contribution in [3.05, 3.63) is 40.6 Å². The number of anilines is 1. The Morgan fingerprint density at radius 3 is 2.94 bits per heavy atom. The molecule has 0 saturated heterocycles. The fourth-order valence-corrected chi connectivity index (χ4v) is 1.76. The van der Waals surface area contributed by atoms with Crippen molar-refractivity contribution in [1.82, 2.24) is 0 Å². The van der Waals surface area contributed by atoms with Gasteiger partial charge < -0.3 is 5.32 Å². The molecule has 0 aromatic heterocycles. The van der Waals surface area contributed by atoms with E-state index < -0.39 is 5.82 Å². The average Bonchev–Trinajstić information content (AvgIpc) is 2.25. The topological polar surface area (TPSA) is 35.8 Å². The van der Waals surface area contributed by atoms with Crippen molar-refractivity contribution in [1.29, 1.82) is 5.26 Å². The van der Waals surface area contributed by atoms with Gasteiger partial charge in [0.25, 0.3) is 0 Å². The van der Waals surface area contributed by atoms with Crippen LogP contribution in [0, 0.1) is 17.1 Å². The summed E-state index contributed by atoms with van der Waals surface area (Å²) in [6.07, 6.45) is 2.52. The third-order valence-electron chi connectivity index (χ3n) is 2.12. The molecule has 84 valence electrons. The van der Waals surface area contributed by atoms with Crippen molar-refractivity contribution in [3.8, 4) is 6.07 Å². The van der Waals surface area contributed by atoms with Crippen LogP contribution in [0.4, 0.5) is 10.1 Å². The molecule has 1 N–H and O–H groups in total. The largest absolute Gasteiger partial charge is 0.380 e. The predicted molar refractivity (Wildman–Crippen MR) is 66.7 cm³/mol. The van der Waals surface area contributed by atoms with Crippen molar-refractivity contribution < 1.29 is 4.39 Å². The van der Waals surface area contributed by atoms with E-state index >= 15 is 0 Å². The molecule has 16 heavy (non-hydrogen) atoms. The SMILES string of the molecule is C=CCC(C)Nc1ccc(C#N)c(Br)c1F. The van der Waals surface area contributed by atoms with Gasteiger partial charge in [0.2, 0.25) is 0 Å². The summed E-state index contributed by atoms with van der Waals surface area (Å²) < 4.78 is 14.0. The van der Waals surface area contributed by atoms with Gasteiger partial charge in [0.05, 0.1) is 15.7 Å². The number of hydrogen-bond acceptors (Lipinski definition) is 2. The summed E-state index contributed by atoms with van der Waals surface area (Å²) in [6, 6.07) is 5.16. The first kappa shape index (κ1) is 12.7. The Kier molecular flexibility index (Phi) is 4.51. The zero-order valence-corrected chi connectivity index (χ0v) is 10.5. The number of nitriles is 1. The van der Waals surface area contributed by atoms with Crippen molar-refractivity contribution >= 4 is 21.6 Å². The van der Waals surface area contributed by atoms with Crippen LogP contribution in [-0.4, -0.2) is 6.04 Å².